The summed E-state index contributed by atoms with van der Waals surface area (Å²) in [7, 11) is 0. The van der Waals surface area contributed by atoms with Crippen molar-refractivity contribution < 1.29 is 0 Å². The number of aromatic nitrogens is 4. The maximum atomic E-state index is 2.44. The van der Waals surface area contributed by atoms with Crippen molar-refractivity contribution in [1.82, 2.24) is 18.3 Å². The van der Waals surface area contributed by atoms with Gasteiger partial charge in [-0.2, -0.15) is 0 Å². The van der Waals surface area contributed by atoms with Crippen LogP contribution in [0.2, 0.25) is 0 Å². The van der Waals surface area contributed by atoms with Gasteiger partial charge in [-0.05, 0) is 97.1 Å². The summed E-state index contributed by atoms with van der Waals surface area (Å²) in [5.41, 5.74) is 14.2. The first kappa shape index (κ1) is 31.4. The molecular weight excluding hydrogens is 705 g/mol. The summed E-state index contributed by atoms with van der Waals surface area (Å²) < 4.78 is 9.69. The van der Waals surface area contributed by atoms with E-state index in [1.165, 1.54) is 92.9 Å². The fraction of sp³-hybridized carbons (Fsp3) is 0. The Morgan fingerprint density at radius 3 is 0.776 bits per heavy atom. The quantitative estimate of drug-likeness (QED) is 0.171. The molecule has 13 rings (SSSR count). The first-order valence-corrected chi connectivity index (χ1v) is 19.9. The molecule has 9 aromatic carbocycles. The van der Waals surface area contributed by atoms with Gasteiger partial charge in [0.1, 0.15) is 0 Å². The molecule has 0 saturated carbocycles. The second kappa shape index (κ2) is 11.8. The van der Waals surface area contributed by atoms with E-state index >= 15 is 0 Å². The number of hydrogen-bond donors (Lipinski definition) is 0. The highest BCUT2D eigenvalue weighted by molar-refractivity contribution is 6.20. The smallest absolute Gasteiger partial charge is 0.0562 e. The molecule has 0 amide bonds. The Morgan fingerprint density at radius 2 is 0.431 bits per heavy atom. The minimum absolute atomic E-state index is 1.13. The van der Waals surface area contributed by atoms with Crippen LogP contribution in [0.1, 0.15) is 0 Å². The summed E-state index contributed by atoms with van der Waals surface area (Å²) in [4.78, 5) is 0. The lowest BCUT2D eigenvalue weighted by atomic mass is 10.1. The lowest BCUT2D eigenvalue weighted by Gasteiger charge is -2.12. The van der Waals surface area contributed by atoms with Crippen molar-refractivity contribution in [2.24, 2.45) is 0 Å². The molecule has 4 heterocycles. The highest BCUT2D eigenvalue weighted by atomic mass is 15.0. The van der Waals surface area contributed by atoms with Crippen molar-refractivity contribution >= 4 is 87.2 Å². The standard InChI is InChI=1S/C54H34N4/c1-3-15-35(16-4-1)55-49-25-13-9-21-41(49)45-33-52-46(32-51(45)55)42-22-10-14-26-50(42)57(52)37-27-29-38(30-28-37)58-48-24-12-8-20-40(48)44-31-43-39-19-7-11-23-47(39)56(53(43)34-54(44)58)36-17-5-2-6-18-36/h1-34H. The Balaban J connectivity index is 1.04. The van der Waals surface area contributed by atoms with Crippen LogP contribution in [0.15, 0.2) is 206 Å². The summed E-state index contributed by atoms with van der Waals surface area (Å²) in [5.74, 6) is 0. The van der Waals surface area contributed by atoms with Gasteiger partial charge in [0, 0.05) is 65.8 Å². The number of para-hydroxylation sites is 6. The molecule has 0 saturated heterocycles. The van der Waals surface area contributed by atoms with Gasteiger partial charge >= 0.3 is 0 Å². The van der Waals surface area contributed by atoms with Crippen LogP contribution < -0.4 is 0 Å². The van der Waals surface area contributed by atoms with Gasteiger partial charge in [0.05, 0.1) is 44.1 Å². The first-order valence-electron chi connectivity index (χ1n) is 19.9. The molecule has 0 bridgehead atoms. The Morgan fingerprint density at radius 1 is 0.172 bits per heavy atom. The number of benzene rings is 9. The second-order valence-corrected chi connectivity index (χ2v) is 15.4. The number of fused-ring (bicyclic) bond motifs is 12. The third kappa shape index (κ3) is 4.29. The Bertz CT molecular complexity index is 3770. The molecule has 0 spiro atoms. The summed E-state index contributed by atoms with van der Waals surface area (Å²) in [6, 6.07) is 75.4. The Labute approximate surface area is 333 Å². The zero-order valence-electron chi connectivity index (χ0n) is 31.4. The predicted octanol–water partition coefficient (Wildman–Crippen LogP) is 14.1. The molecule has 4 aromatic heterocycles. The van der Waals surface area contributed by atoms with Crippen molar-refractivity contribution in [3.05, 3.63) is 206 Å². The molecule has 4 nitrogen and oxygen atoms in total. The summed E-state index contributed by atoms with van der Waals surface area (Å²) in [6.45, 7) is 0. The van der Waals surface area contributed by atoms with Crippen molar-refractivity contribution in [2.45, 2.75) is 0 Å². The molecule has 4 heteroatoms. The Hall–Kier alpha value is -7.82. The van der Waals surface area contributed by atoms with E-state index in [9.17, 15) is 0 Å². The zero-order chi connectivity index (χ0) is 37.9. The van der Waals surface area contributed by atoms with Crippen LogP contribution in [-0.4, -0.2) is 18.3 Å². The molecule has 0 aliphatic heterocycles. The minimum atomic E-state index is 1.13. The molecule has 0 aliphatic carbocycles. The fourth-order valence-corrected chi connectivity index (χ4v) is 9.88. The Kier molecular flexibility index (Phi) is 6.41. The number of hydrogen-bond acceptors (Lipinski definition) is 0. The van der Waals surface area contributed by atoms with E-state index < -0.39 is 0 Å². The SMILES string of the molecule is c1ccc(-n2c3ccccc3c3cc4c(cc32)c2ccccc2n4-c2ccc(-n3c4ccccc4c4cc5c6ccccc6n(-c6ccccc6)c5cc43)cc2)cc1. The van der Waals surface area contributed by atoms with Gasteiger partial charge in [0.25, 0.3) is 0 Å². The van der Waals surface area contributed by atoms with Gasteiger partial charge in [0.15, 0.2) is 0 Å². The lowest BCUT2D eigenvalue weighted by Crippen LogP contribution is -1.98. The lowest BCUT2D eigenvalue weighted by molar-refractivity contribution is 1.14. The predicted molar refractivity (Wildman–Crippen MR) is 244 cm³/mol. The molecule has 0 fully saturated rings. The first-order chi connectivity index (χ1) is 28.8. The van der Waals surface area contributed by atoms with E-state index in [0.717, 1.165) is 17.1 Å². The molecule has 0 atom stereocenters. The van der Waals surface area contributed by atoms with Crippen molar-refractivity contribution in [3.8, 4) is 22.7 Å². The van der Waals surface area contributed by atoms with Gasteiger partial charge in [-0.15, -0.1) is 0 Å². The van der Waals surface area contributed by atoms with Gasteiger partial charge in [-0.25, -0.2) is 0 Å². The van der Waals surface area contributed by atoms with Crippen LogP contribution in [0.5, 0.6) is 0 Å². The van der Waals surface area contributed by atoms with Crippen molar-refractivity contribution in [3.63, 3.8) is 0 Å². The average molecular weight is 739 g/mol. The van der Waals surface area contributed by atoms with Crippen LogP contribution in [0.25, 0.3) is 110 Å². The topological polar surface area (TPSA) is 19.7 Å². The highest BCUT2D eigenvalue weighted by Gasteiger charge is 2.21. The normalized spacial score (nSPS) is 12.1. The van der Waals surface area contributed by atoms with Crippen LogP contribution in [0.3, 0.4) is 0 Å². The van der Waals surface area contributed by atoms with E-state index in [-0.39, 0.29) is 0 Å². The summed E-state index contributed by atoms with van der Waals surface area (Å²) in [6.07, 6.45) is 0. The second-order valence-electron chi connectivity index (χ2n) is 15.4. The monoisotopic (exact) mass is 738 g/mol. The van der Waals surface area contributed by atoms with Crippen LogP contribution in [0, 0.1) is 0 Å². The van der Waals surface area contributed by atoms with E-state index in [1.54, 1.807) is 0 Å². The molecule has 0 unspecified atom stereocenters. The summed E-state index contributed by atoms with van der Waals surface area (Å²) >= 11 is 0. The van der Waals surface area contributed by atoms with Crippen molar-refractivity contribution in [1.29, 1.82) is 0 Å². The van der Waals surface area contributed by atoms with Crippen LogP contribution in [-0.2, 0) is 0 Å². The van der Waals surface area contributed by atoms with Gasteiger partial charge in [0.2, 0.25) is 0 Å². The van der Waals surface area contributed by atoms with E-state index in [0.29, 0.717) is 0 Å². The third-order valence-corrected chi connectivity index (χ3v) is 12.3. The van der Waals surface area contributed by atoms with Gasteiger partial charge in [-0.1, -0.05) is 109 Å². The average Bonchev–Trinajstić information content (AvgIpc) is 4.00. The molecule has 0 aliphatic rings. The molecule has 270 valence electrons. The maximum Gasteiger partial charge on any atom is 0.0562 e. The maximum absolute atomic E-state index is 2.44. The number of rotatable bonds is 4. The third-order valence-electron chi connectivity index (χ3n) is 12.3. The van der Waals surface area contributed by atoms with E-state index in [4.69, 9.17) is 0 Å². The molecule has 0 N–H and O–H groups in total. The number of nitrogens with zero attached hydrogens (tertiary/aromatic N) is 4. The summed E-state index contributed by atoms with van der Waals surface area (Å²) in [5, 5.41) is 10.0. The van der Waals surface area contributed by atoms with Crippen LogP contribution >= 0.6 is 0 Å². The molecule has 58 heavy (non-hydrogen) atoms. The minimum Gasteiger partial charge on any atom is -0.309 e. The van der Waals surface area contributed by atoms with E-state index in [2.05, 4.69) is 225 Å². The largest absolute Gasteiger partial charge is 0.309 e. The highest BCUT2D eigenvalue weighted by Crippen LogP contribution is 2.42. The zero-order valence-corrected chi connectivity index (χ0v) is 31.4. The van der Waals surface area contributed by atoms with Crippen LogP contribution in [0.4, 0.5) is 0 Å². The van der Waals surface area contributed by atoms with E-state index in [1.807, 2.05) is 0 Å². The van der Waals surface area contributed by atoms with Crippen molar-refractivity contribution in [2.75, 3.05) is 0 Å². The van der Waals surface area contributed by atoms with Gasteiger partial charge < -0.3 is 18.3 Å². The van der Waals surface area contributed by atoms with Gasteiger partial charge in [-0.3, -0.25) is 0 Å². The molecule has 13 aromatic rings. The molecular formula is C54H34N4. The molecule has 0 radical (unpaired) electrons. The fourth-order valence-electron chi connectivity index (χ4n) is 9.88.